The number of hydrogen-bond donors (Lipinski definition) is 0. The zero-order valence-corrected chi connectivity index (χ0v) is 16.6. The predicted molar refractivity (Wildman–Crippen MR) is 118 cm³/mol. The number of fused-ring (bicyclic) bond motifs is 1. The molecule has 0 aliphatic carbocycles. The molecule has 1 heterocycles. The first kappa shape index (κ1) is 19.5. The van der Waals surface area contributed by atoms with Gasteiger partial charge in [0.1, 0.15) is 16.9 Å². The number of benzene rings is 3. The van der Waals surface area contributed by atoms with Crippen LogP contribution in [-0.4, -0.2) is 12.5 Å². The Bertz CT molecular complexity index is 1180. The van der Waals surface area contributed by atoms with Gasteiger partial charge in [0.15, 0.2) is 0 Å². The zero-order valence-electron chi connectivity index (χ0n) is 16.6. The summed E-state index contributed by atoms with van der Waals surface area (Å²) in [6.07, 6.45) is 0.879. The molecule has 0 radical (unpaired) electrons. The van der Waals surface area contributed by atoms with E-state index in [2.05, 4.69) is 0 Å². The lowest BCUT2D eigenvalue weighted by molar-refractivity contribution is 0.0996. The van der Waals surface area contributed by atoms with E-state index in [0.717, 1.165) is 6.42 Å². The molecular weight excluding hydrogens is 378 g/mol. The Labute approximate surface area is 174 Å². The third kappa shape index (κ3) is 3.96. The summed E-state index contributed by atoms with van der Waals surface area (Å²) in [6, 6.07) is 25.3. The standard InChI is InChI=1S/C25H21NO4/c1-2-15-29-21-14-13-18-16-22(25(28)30-23(18)17-21)24(27)26(19-9-5-3-6-10-19)20-11-7-4-8-12-20/h3-14,16-17H,2,15H2,1H3. The summed E-state index contributed by atoms with van der Waals surface area (Å²) in [5.74, 6) is 0.177. The number of anilines is 2. The quantitative estimate of drug-likeness (QED) is 0.398. The number of rotatable bonds is 6. The monoisotopic (exact) mass is 399 g/mol. The second kappa shape index (κ2) is 8.66. The average molecular weight is 399 g/mol. The molecule has 4 aromatic rings. The fourth-order valence-electron chi connectivity index (χ4n) is 3.21. The van der Waals surface area contributed by atoms with Crippen molar-refractivity contribution >= 4 is 28.3 Å². The summed E-state index contributed by atoms with van der Waals surface area (Å²) in [5, 5.41) is 0.655. The highest BCUT2D eigenvalue weighted by molar-refractivity contribution is 6.11. The van der Waals surface area contributed by atoms with Crippen LogP contribution in [0.25, 0.3) is 11.0 Å². The maximum atomic E-state index is 13.5. The van der Waals surface area contributed by atoms with E-state index in [4.69, 9.17) is 9.15 Å². The molecule has 0 N–H and O–H groups in total. The van der Waals surface area contributed by atoms with Crippen LogP contribution < -0.4 is 15.3 Å². The molecule has 5 heteroatoms. The summed E-state index contributed by atoms with van der Waals surface area (Å²) in [7, 11) is 0. The Morgan fingerprint density at radius 3 is 2.13 bits per heavy atom. The lowest BCUT2D eigenvalue weighted by Gasteiger charge is -2.22. The molecule has 0 bridgehead atoms. The smallest absolute Gasteiger partial charge is 0.349 e. The van der Waals surface area contributed by atoms with Crippen molar-refractivity contribution in [2.75, 3.05) is 11.5 Å². The summed E-state index contributed by atoms with van der Waals surface area (Å²) >= 11 is 0. The molecule has 4 rings (SSSR count). The van der Waals surface area contributed by atoms with Crippen LogP contribution in [0.3, 0.4) is 0 Å². The van der Waals surface area contributed by atoms with E-state index < -0.39 is 11.5 Å². The SMILES string of the molecule is CCCOc1ccc2cc(C(=O)N(c3ccccc3)c3ccccc3)c(=O)oc2c1. The van der Waals surface area contributed by atoms with Gasteiger partial charge >= 0.3 is 5.63 Å². The van der Waals surface area contributed by atoms with Crippen molar-refractivity contribution in [2.45, 2.75) is 13.3 Å². The van der Waals surface area contributed by atoms with E-state index in [9.17, 15) is 9.59 Å². The summed E-state index contributed by atoms with van der Waals surface area (Å²) in [6.45, 7) is 2.60. The molecule has 3 aromatic carbocycles. The Morgan fingerprint density at radius 1 is 0.900 bits per heavy atom. The van der Waals surface area contributed by atoms with Gasteiger partial charge in [-0.05, 0) is 48.9 Å². The second-order valence-electron chi connectivity index (χ2n) is 6.81. The van der Waals surface area contributed by atoms with E-state index in [1.54, 1.807) is 24.3 Å². The van der Waals surface area contributed by atoms with Crippen molar-refractivity contribution in [3.05, 3.63) is 101 Å². The first-order chi connectivity index (χ1) is 14.7. The van der Waals surface area contributed by atoms with Crippen molar-refractivity contribution in [2.24, 2.45) is 0 Å². The Morgan fingerprint density at radius 2 is 1.53 bits per heavy atom. The number of nitrogens with zero attached hydrogens (tertiary/aromatic N) is 1. The molecule has 0 atom stereocenters. The molecule has 150 valence electrons. The van der Waals surface area contributed by atoms with Crippen molar-refractivity contribution < 1.29 is 13.9 Å². The van der Waals surface area contributed by atoms with Crippen LogP contribution in [0.15, 0.2) is 94.1 Å². The summed E-state index contributed by atoms with van der Waals surface area (Å²) < 4.78 is 11.1. The van der Waals surface area contributed by atoms with Crippen molar-refractivity contribution in [1.29, 1.82) is 0 Å². The lowest BCUT2D eigenvalue weighted by Crippen LogP contribution is -2.30. The first-order valence-corrected chi connectivity index (χ1v) is 9.82. The highest BCUT2D eigenvalue weighted by Gasteiger charge is 2.23. The molecule has 0 saturated carbocycles. The highest BCUT2D eigenvalue weighted by Crippen LogP contribution is 2.28. The minimum absolute atomic E-state index is 0.0302. The van der Waals surface area contributed by atoms with Crippen molar-refractivity contribution in [3.8, 4) is 5.75 Å². The molecule has 30 heavy (non-hydrogen) atoms. The fourth-order valence-corrected chi connectivity index (χ4v) is 3.21. The van der Waals surface area contributed by atoms with Gasteiger partial charge in [0.25, 0.3) is 5.91 Å². The molecule has 0 spiro atoms. The zero-order chi connectivity index (χ0) is 20.9. The van der Waals surface area contributed by atoms with E-state index >= 15 is 0 Å². The molecule has 0 fully saturated rings. The third-order valence-corrected chi connectivity index (χ3v) is 4.64. The van der Waals surface area contributed by atoms with Crippen molar-refractivity contribution in [1.82, 2.24) is 0 Å². The van der Waals surface area contributed by atoms with Crippen LogP contribution in [0.1, 0.15) is 23.7 Å². The van der Waals surface area contributed by atoms with Gasteiger partial charge in [-0.1, -0.05) is 43.3 Å². The first-order valence-electron chi connectivity index (χ1n) is 9.82. The fraction of sp³-hybridized carbons (Fsp3) is 0.120. The van der Waals surface area contributed by atoms with Crippen LogP contribution in [0, 0.1) is 0 Å². The van der Waals surface area contributed by atoms with Gasteiger partial charge in [-0.2, -0.15) is 0 Å². The number of carbonyl (C=O) groups is 1. The molecule has 0 aliphatic rings. The number of para-hydroxylation sites is 2. The van der Waals surface area contributed by atoms with E-state index in [-0.39, 0.29) is 5.56 Å². The van der Waals surface area contributed by atoms with Crippen LogP contribution >= 0.6 is 0 Å². The van der Waals surface area contributed by atoms with Crippen molar-refractivity contribution in [3.63, 3.8) is 0 Å². The number of carbonyl (C=O) groups excluding carboxylic acids is 1. The van der Waals surface area contributed by atoms with Gasteiger partial charge < -0.3 is 9.15 Å². The van der Waals surface area contributed by atoms with E-state index in [1.165, 1.54) is 4.90 Å². The van der Waals surface area contributed by atoms with Crippen LogP contribution in [0.5, 0.6) is 5.75 Å². The van der Waals surface area contributed by atoms with Crippen LogP contribution in [0.2, 0.25) is 0 Å². The highest BCUT2D eigenvalue weighted by atomic mass is 16.5. The van der Waals surface area contributed by atoms with Gasteiger partial charge in [-0.3, -0.25) is 9.69 Å². The Kier molecular flexibility index (Phi) is 5.61. The predicted octanol–water partition coefficient (Wildman–Crippen LogP) is 5.56. The maximum absolute atomic E-state index is 13.5. The van der Waals surface area contributed by atoms with Gasteiger partial charge in [0.2, 0.25) is 0 Å². The number of ether oxygens (including phenoxy) is 1. The van der Waals surface area contributed by atoms with Crippen LogP contribution in [-0.2, 0) is 0 Å². The molecule has 0 saturated heterocycles. The molecule has 0 aliphatic heterocycles. The van der Waals surface area contributed by atoms with Gasteiger partial charge in [-0.15, -0.1) is 0 Å². The van der Waals surface area contributed by atoms with Gasteiger partial charge in [0.05, 0.1) is 6.61 Å². The largest absolute Gasteiger partial charge is 0.493 e. The molecule has 0 unspecified atom stereocenters. The van der Waals surface area contributed by atoms with E-state index in [1.807, 2.05) is 67.6 Å². The lowest BCUT2D eigenvalue weighted by atomic mass is 10.1. The van der Waals surface area contributed by atoms with E-state index in [0.29, 0.717) is 34.7 Å². The summed E-state index contributed by atoms with van der Waals surface area (Å²) in [4.78, 5) is 27.7. The number of hydrogen-bond acceptors (Lipinski definition) is 4. The van der Waals surface area contributed by atoms with Gasteiger partial charge in [0, 0.05) is 22.8 Å². The molecule has 1 amide bonds. The Hall–Kier alpha value is -3.86. The maximum Gasteiger partial charge on any atom is 0.349 e. The third-order valence-electron chi connectivity index (χ3n) is 4.64. The van der Waals surface area contributed by atoms with Gasteiger partial charge in [-0.25, -0.2) is 4.79 Å². The Balaban J connectivity index is 1.78. The number of amides is 1. The molecule has 5 nitrogen and oxygen atoms in total. The van der Waals surface area contributed by atoms with Crippen LogP contribution in [0.4, 0.5) is 11.4 Å². The molecular formula is C25H21NO4. The average Bonchev–Trinajstić information content (AvgIpc) is 2.78. The normalized spacial score (nSPS) is 10.7. The second-order valence-corrected chi connectivity index (χ2v) is 6.81. The minimum atomic E-state index is -0.683. The topological polar surface area (TPSA) is 59.8 Å². The minimum Gasteiger partial charge on any atom is -0.493 e. The summed E-state index contributed by atoms with van der Waals surface area (Å²) in [5.41, 5.74) is 0.999. The molecule has 1 aromatic heterocycles.